The summed E-state index contributed by atoms with van der Waals surface area (Å²) < 4.78 is 5.18. The lowest BCUT2D eigenvalue weighted by molar-refractivity contribution is 0.273. The maximum Gasteiger partial charge on any atom is 0.120 e. The molecule has 0 fully saturated rings. The molecule has 0 aliphatic heterocycles. The quantitative estimate of drug-likeness (QED) is 0.822. The summed E-state index contributed by atoms with van der Waals surface area (Å²) in [5, 5.41) is 4.37. The standard InChI is InChI=1S/C17H28ClNO/c1-16(2,3)19-12-17(4,5)10-9-13-7-8-14(20-6)11-15(13)18/h7-8,11,19H,9-10,12H2,1-6H3. The summed E-state index contributed by atoms with van der Waals surface area (Å²) in [5.74, 6) is 0.812. The maximum absolute atomic E-state index is 6.29. The molecular formula is C17H28ClNO. The van der Waals surface area contributed by atoms with E-state index < -0.39 is 0 Å². The lowest BCUT2D eigenvalue weighted by Crippen LogP contribution is -2.42. The molecule has 0 aliphatic rings. The van der Waals surface area contributed by atoms with E-state index in [1.807, 2.05) is 12.1 Å². The van der Waals surface area contributed by atoms with E-state index in [4.69, 9.17) is 16.3 Å². The molecule has 0 saturated heterocycles. The Morgan fingerprint density at radius 3 is 2.30 bits per heavy atom. The van der Waals surface area contributed by atoms with Crippen molar-refractivity contribution in [1.82, 2.24) is 5.32 Å². The SMILES string of the molecule is COc1ccc(CCC(C)(C)CNC(C)(C)C)c(Cl)c1. The maximum atomic E-state index is 6.29. The first kappa shape index (κ1) is 17.3. The zero-order valence-corrected chi connectivity index (χ0v) is 14.4. The Hall–Kier alpha value is -0.730. The number of hydrogen-bond acceptors (Lipinski definition) is 2. The summed E-state index contributed by atoms with van der Waals surface area (Å²) >= 11 is 6.29. The second-order valence-corrected chi connectivity index (χ2v) is 7.63. The molecule has 0 saturated carbocycles. The highest BCUT2D eigenvalue weighted by molar-refractivity contribution is 6.31. The first-order chi connectivity index (χ1) is 9.13. The van der Waals surface area contributed by atoms with Crippen LogP contribution in [0.25, 0.3) is 0 Å². The van der Waals surface area contributed by atoms with Gasteiger partial charge in [-0.1, -0.05) is 31.5 Å². The van der Waals surface area contributed by atoms with Gasteiger partial charge in [0.1, 0.15) is 5.75 Å². The molecule has 0 heterocycles. The summed E-state index contributed by atoms with van der Waals surface area (Å²) in [4.78, 5) is 0. The van der Waals surface area contributed by atoms with Crippen LogP contribution in [-0.2, 0) is 6.42 Å². The van der Waals surface area contributed by atoms with Crippen molar-refractivity contribution >= 4 is 11.6 Å². The molecule has 0 aromatic heterocycles. The van der Waals surface area contributed by atoms with Gasteiger partial charge in [0.15, 0.2) is 0 Å². The minimum Gasteiger partial charge on any atom is -0.497 e. The summed E-state index contributed by atoms with van der Waals surface area (Å²) in [7, 11) is 1.66. The zero-order chi connectivity index (χ0) is 15.4. The van der Waals surface area contributed by atoms with Gasteiger partial charge in [0, 0.05) is 17.1 Å². The van der Waals surface area contributed by atoms with Crippen molar-refractivity contribution in [3.05, 3.63) is 28.8 Å². The predicted molar refractivity (Wildman–Crippen MR) is 87.9 cm³/mol. The summed E-state index contributed by atoms with van der Waals surface area (Å²) in [6.45, 7) is 12.2. The Bertz CT molecular complexity index is 435. The number of nitrogens with one attached hydrogen (secondary N) is 1. The number of methoxy groups -OCH3 is 1. The molecule has 0 aliphatic carbocycles. The second kappa shape index (κ2) is 6.82. The predicted octanol–water partition coefficient (Wildman–Crippen LogP) is 4.70. The molecule has 1 aromatic rings. The third kappa shape index (κ3) is 6.15. The summed E-state index contributed by atoms with van der Waals surface area (Å²) in [6.07, 6.45) is 2.09. The monoisotopic (exact) mass is 297 g/mol. The van der Waals surface area contributed by atoms with Gasteiger partial charge in [-0.05, 0) is 56.7 Å². The number of benzene rings is 1. The number of aryl methyl sites for hydroxylation is 1. The third-order valence-electron chi connectivity index (χ3n) is 3.43. The van der Waals surface area contributed by atoms with Crippen molar-refractivity contribution in [2.24, 2.45) is 5.41 Å². The first-order valence-corrected chi connectivity index (χ1v) is 7.58. The van der Waals surface area contributed by atoms with Gasteiger partial charge in [-0.3, -0.25) is 0 Å². The minimum atomic E-state index is 0.162. The average molecular weight is 298 g/mol. The smallest absolute Gasteiger partial charge is 0.120 e. The van der Waals surface area contributed by atoms with Crippen molar-refractivity contribution in [3.8, 4) is 5.75 Å². The van der Waals surface area contributed by atoms with E-state index in [0.29, 0.717) is 0 Å². The van der Waals surface area contributed by atoms with Crippen molar-refractivity contribution in [1.29, 1.82) is 0 Å². The molecule has 3 heteroatoms. The van der Waals surface area contributed by atoms with Crippen molar-refractivity contribution in [2.45, 2.75) is 53.0 Å². The van der Waals surface area contributed by atoms with Crippen LogP contribution in [0.15, 0.2) is 18.2 Å². The number of rotatable bonds is 6. The van der Waals surface area contributed by atoms with Gasteiger partial charge >= 0.3 is 0 Å². The van der Waals surface area contributed by atoms with E-state index in [1.54, 1.807) is 7.11 Å². The highest BCUT2D eigenvalue weighted by Gasteiger charge is 2.21. The van der Waals surface area contributed by atoms with Crippen LogP contribution in [-0.4, -0.2) is 19.2 Å². The second-order valence-electron chi connectivity index (χ2n) is 7.23. The molecule has 1 N–H and O–H groups in total. The van der Waals surface area contributed by atoms with Crippen LogP contribution in [0.5, 0.6) is 5.75 Å². The number of halogens is 1. The third-order valence-corrected chi connectivity index (χ3v) is 3.78. The van der Waals surface area contributed by atoms with Crippen molar-refractivity contribution in [3.63, 3.8) is 0 Å². The van der Waals surface area contributed by atoms with E-state index >= 15 is 0 Å². The Balaban J connectivity index is 2.57. The summed E-state index contributed by atoms with van der Waals surface area (Å²) in [6, 6.07) is 5.92. The van der Waals surface area contributed by atoms with Gasteiger partial charge in [0.05, 0.1) is 7.11 Å². The van der Waals surface area contributed by atoms with Crippen LogP contribution in [0.4, 0.5) is 0 Å². The van der Waals surface area contributed by atoms with Crippen molar-refractivity contribution in [2.75, 3.05) is 13.7 Å². The molecule has 1 aromatic carbocycles. The van der Waals surface area contributed by atoms with E-state index in [0.717, 1.165) is 30.2 Å². The Labute approximate surface area is 128 Å². The average Bonchev–Trinajstić information content (AvgIpc) is 2.34. The highest BCUT2D eigenvalue weighted by Crippen LogP contribution is 2.28. The molecule has 0 bridgehead atoms. The van der Waals surface area contributed by atoms with Crippen LogP contribution < -0.4 is 10.1 Å². The molecule has 2 nitrogen and oxygen atoms in total. The number of ether oxygens (including phenoxy) is 1. The van der Waals surface area contributed by atoms with Gasteiger partial charge in [-0.15, -0.1) is 0 Å². The topological polar surface area (TPSA) is 21.3 Å². The minimum absolute atomic E-state index is 0.162. The number of hydrogen-bond donors (Lipinski definition) is 1. The van der Waals surface area contributed by atoms with E-state index in [1.165, 1.54) is 5.56 Å². The van der Waals surface area contributed by atoms with Crippen molar-refractivity contribution < 1.29 is 4.74 Å². The van der Waals surface area contributed by atoms with Crippen LogP contribution >= 0.6 is 11.6 Å². The Morgan fingerprint density at radius 1 is 1.15 bits per heavy atom. The van der Waals surface area contributed by atoms with E-state index in [-0.39, 0.29) is 11.0 Å². The molecule has 0 unspecified atom stereocenters. The molecule has 0 amide bonds. The van der Waals surface area contributed by atoms with Crippen LogP contribution in [0, 0.1) is 5.41 Å². The molecule has 114 valence electrons. The van der Waals surface area contributed by atoms with E-state index in [2.05, 4.69) is 46.0 Å². The molecular weight excluding hydrogens is 270 g/mol. The lowest BCUT2D eigenvalue weighted by Gasteiger charge is -2.30. The molecule has 1 rings (SSSR count). The molecule has 0 radical (unpaired) electrons. The Morgan fingerprint density at radius 2 is 1.80 bits per heavy atom. The molecule has 0 atom stereocenters. The van der Waals surface area contributed by atoms with E-state index in [9.17, 15) is 0 Å². The molecule has 20 heavy (non-hydrogen) atoms. The Kier molecular flexibility index (Phi) is 5.91. The fourth-order valence-electron chi connectivity index (χ4n) is 1.92. The van der Waals surface area contributed by atoms with Gasteiger partial charge in [0.25, 0.3) is 0 Å². The van der Waals surface area contributed by atoms with Crippen LogP contribution in [0.3, 0.4) is 0 Å². The highest BCUT2D eigenvalue weighted by atomic mass is 35.5. The fraction of sp³-hybridized carbons (Fsp3) is 0.647. The van der Waals surface area contributed by atoms with Gasteiger partial charge in [0.2, 0.25) is 0 Å². The lowest BCUT2D eigenvalue weighted by atomic mass is 9.85. The molecule has 0 spiro atoms. The fourth-order valence-corrected chi connectivity index (χ4v) is 2.19. The van der Waals surface area contributed by atoms with Gasteiger partial charge in [-0.25, -0.2) is 0 Å². The summed E-state index contributed by atoms with van der Waals surface area (Å²) in [5.41, 5.74) is 1.60. The van der Waals surface area contributed by atoms with Gasteiger partial charge in [-0.2, -0.15) is 0 Å². The first-order valence-electron chi connectivity index (χ1n) is 7.20. The zero-order valence-electron chi connectivity index (χ0n) is 13.6. The largest absolute Gasteiger partial charge is 0.497 e. The van der Waals surface area contributed by atoms with Crippen LogP contribution in [0.2, 0.25) is 5.02 Å². The van der Waals surface area contributed by atoms with Crippen LogP contribution in [0.1, 0.15) is 46.6 Å². The normalized spacial score (nSPS) is 12.6. The van der Waals surface area contributed by atoms with Gasteiger partial charge < -0.3 is 10.1 Å².